The Bertz CT molecular complexity index is 2020. The van der Waals surface area contributed by atoms with Crippen LogP contribution < -0.4 is 58.9 Å². The molecule has 27 nitrogen and oxygen atoms in total. The third-order valence-electron chi connectivity index (χ3n) is 8.80. The van der Waals surface area contributed by atoms with Crippen LogP contribution >= 0.6 is 7.60 Å². The quantitative estimate of drug-likeness (QED) is 0.0384. The molecular formula is C36H54F2N11O16P. The molecule has 0 aromatic heterocycles. The van der Waals surface area contributed by atoms with E-state index in [2.05, 4.69) is 53.2 Å². The Kier molecular flexibility index (Phi) is 22.9. The van der Waals surface area contributed by atoms with Crippen molar-refractivity contribution in [3.63, 3.8) is 0 Å². The van der Waals surface area contributed by atoms with Gasteiger partial charge in [-0.1, -0.05) is 24.3 Å². The molecule has 30 heteroatoms. The number of aliphatic hydroxyl groups is 2. The number of amides is 11. The number of nitrogens with one attached hydrogen (secondary N) is 10. The van der Waals surface area contributed by atoms with Crippen LogP contribution in [0.25, 0.3) is 0 Å². The number of hydrogen-bond acceptors (Lipinski definition) is 14. The number of carbonyl (C=O) groups is 11. The number of halogens is 2. The molecule has 0 saturated heterocycles. The Morgan fingerprint density at radius 2 is 0.985 bits per heavy atom. The van der Waals surface area contributed by atoms with E-state index in [1.807, 2.05) is 0 Å². The third kappa shape index (κ3) is 19.2. The molecule has 0 aliphatic heterocycles. The van der Waals surface area contributed by atoms with E-state index in [4.69, 9.17) is 15.5 Å². The van der Waals surface area contributed by atoms with E-state index < -0.39 is 165 Å². The monoisotopic (exact) mass is 965 g/mol. The van der Waals surface area contributed by atoms with Crippen molar-refractivity contribution >= 4 is 72.6 Å². The van der Waals surface area contributed by atoms with E-state index in [0.29, 0.717) is 12.1 Å². The van der Waals surface area contributed by atoms with Gasteiger partial charge in [0.1, 0.15) is 42.3 Å². The summed E-state index contributed by atoms with van der Waals surface area (Å²) in [6.45, 7) is 1.94. The average molecular weight is 966 g/mol. The number of primary amides is 1. The van der Waals surface area contributed by atoms with Crippen LogP contribution in [-0.4, -0.2) is 160 Å². The molecule has 0 aliphatic carbocycles. The lowest BCUT2D eigenvalue weighted by Crippen LogP contribution is -2.57. The number of rotatable bonds is 26. The van der Waals surface area contributed by atoms with Gasteiger partial charge in [0.2, 0.25) is 65.0 Å². The van der Waals surface area contributed by atoms with E-state index in [1.54, 1.807) is 0 Å². The summed E-state index contributed by atoms with van der Waals surface area (Å²) in [5, 5.41) is 40.9. The molecule has 11 amide bonds. The standard InChI is InChI=1S/C36H54F2N11O16P/c1-16(29(39)56)45-35(62)25(15-51)47-28(55)12-40-26(53)11-41-30(57)17(2)46-34(61)23(10-21-6-8-22(9-7-21)36(37,38)66(63,64)65)48-32(59)19(4)44-27(54)13-42-33(60)24(14-50)49-31(58)18(3)43-20(5)52/h6-9,16-19,23-25,50-51H,10-15H2,1-5H3,(H2,39,56)(H,40,53)(H,41,57)(H,42,60)(H,43,52)(H,44,54)(H,45,62)(H,46,61)(H,47,55)(H,48,59)(H,49,58)(H2,63,64,65)/t16-,17-,18-,19-,23-,24-,25+/m0/s1. The van der Waals surface area contributed by atoms with Crippen molar-refractivity contribution in [2.75, 3.05) is 32.8 Å². The Morgan fingerprint density at radius 3 is 1.50 bits per heavy atom. The normalized spacial score (nSPS) is 14.4. The lowest BCUT2D eigenvalue weighted by molar-refractivity contribution is -0.134. The summed E-state index contributed by atoms with van der Waals surface area (Å²) in [5.74, 6) is -10.2. The Morgan fingerprint density at radius 1 is 0.561 bits per heavy atom. The van der Waals surface area contributed by atoms with Crippen molar-refractivity contribution in [3.05, 3.63) is 35.4 Å². The minimum Gasteiger partial charge on any atom is -0.394 e. The fourth-order valence-electron chi connectivity index (χ4n) is 5.03. The zero-order chi connectivity index (χ0) is 50.7. The lowest BCUT2D eigenvalue weighted by Gasteiger charge is -2.24. The van der Waals surface area contributed by atoms with Gasteiger partial charge < -0.3 is 78.9 Å². The summed E-state index contributed by atoms with van der Waals surface area (Å²) in [6, 6.07) is -6.57. The summed E-state index contributed by atoms with van der Waals surface area (Å²) in [4.78, 5) is 154. The van der Waals surface area contributed by atoms with Gasteiger partial charge in [0.25, 0.3) is 0 Å². The second-order valence-corrected chi connectivity index (χ2v) is 16.0. The summed E-state index contributed by atoms with van der Waals surface area (Å²) < 4.78 is 39.9. The first-order chi connectivity index (χ1) is 30.5. The first kappa shape index (κ1) is 57.3. The topological polar surface area (TPSA) is 432 Å². The fourth-order valence-corrected chi connectivity index (χ4v) is 5.51. The molecule has 1 aromatic carbocycles. The average Bonchev–Trinajstić information content (AvgIpc) is 3.23. The Hall–Kier alpha value is -6.68. The van der Waals surface area contributed by atoms with Crippen molar-refractivity contribution in [3.8, 4) is 0 Å². The number of benzene rings is 1. The fraction of sp³-hybridized carbons (Fsp3) is 0.528. The van der Waals surface area contributed by atoms with E-state index in [0.717, 1.165) is 32.9 Å². The van der Waals surface area contributed by atoms with E-state index in [-0.39, 0.29) is 5.56 Å². The van der Waals surface area contributed by atoms with Crippen LogP contribution in [0.2, 0.25) is 0 Å². The highest BCUT2D eigenvalue weighted by molar-refractivity contribution is 7.52. The predicted molar refractivity (Wildman–Crippen MR) is 220 cm³/mol. The van der Waals surface area contributed by atoms with Crippen LogP contribution in [0.5, 0.6) is 0 Å². The van der Waals surface area contributed by atoms with Gasteiger partial charge in [-0.2, -0.15) is 8.78 Å². The molecule has 0 unspecified atom stereocenters. The zero-order valence-electron chi connectivity index (χ0n) is 36.1. The molecule has 0 fully saturated rings. The highest BCUT2D eigenvalue weighted by Gasteiger charge is 2.50. The summed E-state index contributed by atoms with van der Waals surface area (Å²) in [7, 11) is -5.95. The van der Waals surface area contributed by atoms with Crippen molar-refractivity contribution in [1.82, 2.24) is 53.2 Å². The molecule has 0 heterocycles. The van der Waals surface area contributed by atoms with Gasteiger partial charge in [-0.3, -0.25) is 57.3 Å². The molecule has 0 radical (unpaired) electrons. The highest BCUT2D eigenvalue weighted by atomic mass is 31.2. The SMILES string of the molecule is CC(=O)N[C@@H](C)C(=O)N[C@@H](CO)C(=O)NCC(=O)N[C@@H](C)C(=O)N[C@@H](Cc1ccc(C(F)(F)P(=O)(O)O)cc1)C(=O)N[C@@H](C)C(=O)NCC(=O)NCC(=O)N[C@H](CO)C(=O)N[C@@H](C)C(N)=O. The predicted octanol–water partition coefficient (Wildman–Crippen LogP) is -7.23. The molecule has 66 heavy (non-hydrogen) atoms. The molecule has 1 rings (SSSR count). The van der Waals surface area contributed by atoms with Gasteiger partial charge in [0.15, 0.2) is 0 Å². The number of nitrogens with two attached hydrogens (primary N) is 1. The maximum atomic E-state index is 14.3. The highest BCUT2D eigenvalue weighted by Crippen LogP contribution is 2.59. The van der Waals surface area contributed by atoms with Crippen molar-refractivity contribution < 1.29 is 86.1 Å². The smallest absolute Gasteiger partial charge is 0.394 e. The van der Waals surface area contributed by atoms with Gasteiger partial charge in [0, 0.05) is 18.9 Å². The summed E-state index contributed by atoms with van der Waals surface area (Å²) >= 11 is 0. The molecule has 7 atom stereocenters. The number of alkyl halides is 2. The third-order valence-corrected chi connectivity index (χ3v) is 9.79. The van der Waals surface area contributed by atoms with Gasteiger partial charge >= 0.3 is 13.3 Å². The van der Waals surface area contributed by atoms with Crippen molar-refractivity contribution in [1.29, 1.82) is 0 Å². The first-order valence-electron chi connectivity index (χ1n) is 19.5. The molecular weight excluding hydrogens is 911 g/mol. The van der Waals surface area contributed by atoms with Gasteiger partial charge in [-0.25, -0.2) is 0 Å². The van der Waals surface area contributed by atoms with Crippen LogP contribution in [0.15, 0.2) is 24.3 Å². The number of aliphatic hydroxyl groups excluding tert-OH is 2. The molecule has 0 bridgehead atoms. The van der Waals surface area contributed by atoms with Crippen molar-refractivity contribution in [2.24, 2.45) is 5.73 Å². The second-order valence-electron chi connectivity index (χ2n) is 14.4. The van der Waals surface area contributed by atoms with Gasteiger partial charge in [-0.05, 0) is 33.3 Å². The molecule has 0 saturated carbocycles. The molecule has 1 aromatic rings. The number of hydrogen-bond donors (Lipinski definition) is 15. The van der Waals surface area contributed by atoms with Crippen LogP contribution in [0.3, 0.4) is 0 Å². The molecule has 0 aliphatic rings. The Balaban J connectivity index is 3.01. The van der Waals surface area contributed by atoms with Crippen LogP contribution in [0.1, 0.15) is 45.7 Å². The largest absolute Gasteiger partial charge is 0.399 e. The molecule has 16 N–H and O–H groups in total. The lowest BCUT2D eigenvalue weighted by atomic mass is 10.0. The zero-order valence-corrected chi connectivity index (χ0v) is 37.0. The van der Waals surface area contributed by atoms with Crippen LogP contribution in [-0.2, 0) is 69.4 Å². The summed E-state index contributed by atoms with van der Waals surface area (Å²) in [5.41, 5.74) is -0.560. The summed E-state index contributed by atoms with van der Waals surface area (Å²) in [6.07, 6.45) is -0.507. The van der Waals surface area contributed by atoms with Gasteiger partial charge in [0.05, 0.1) is 32.8 Å². The minimum absolute atomic E-state index is 0.0427. The minimum atomic E-state index is -5.95. The van der Waals surface area contributed by atoms with Crippen LogP contribution in [0, 0.1) is 0 Å². The Labute approximate surface area is 374 Å². The molecule has 368 valence electrons. The maximum Gasteiger partial charge on any atom is 0.399 e. The van der Waals surface area contributed by atoms with Crippen LogP contribution in [0.4, 0.5) is 8.78 Å². The first-order valence-corrected chi connectivity index (χ1v) is 21.1. The van der Waals surface area contributed by atoms with E-state index >= 15 is 0 Å². The molecule has 0 spiro atoms. The number of carbonyl (C=O) groups excluding carboxylic acids is 11. The second kappa shape index (κ2) is 26.3. The van der Waals surface area contributed by atoms with Gasteiger partial charge in [-0.15, -0.1) is 0 Å². The van der Waals surface area contributed by atoms with Crippen molar-refractivity contribution in [2.45, 2.75) is 89.0 Å². The maximum absolute atomic E-state index is 14.3. The van der Waals surface area contributed by atoms with E-state index in [9.17, 15) is 76.3 Å². The van der Waals surface area contributed by atoms with E-state index in [1.165, 1.54) is 13.8 Å².